The molecule has 1 unspecified atom stereocenters. The smallest absolute Gasteiger partial charge is 0.189 e. The van der Waals surface area contributed by atoms with Crippen molar-refractivity contribution in [3.8, 4) is 0 Å². The molecule has 29 heavy (non-hydrogen) atoms. The standard InChI is InChI=1S/C22H26BrN3O2S/c1-21(27)7-3-9-26(13-21)19-16-12-28-22(11-18(16)24-20(25-19)29-2)8-6-14-4-5-15(23)10-17(14)22/h4-5,10,27H,3,6-9,11-13H2,1-2H3/t21-,22?/m1/s1. The van der Waals surface area contributed by atoms with Gasteiger partial charge in [-0.15, -0.1) is 0 Å². The van der Waals surface area contributed by atoms with E-state index in [4.69, 9.17) is 14.7 Å². The van der Waals surface area contributed by atoms with Crippen molar-refractivity contribution in [1.29, 1.82) is 0 Å². The fraction of sp³-hybridized carbons (Fsp3) is 0.545. The maximum absolute atomic E-state index is 10.6. The van der Waals surface area contributed by atoms with E-state index in [9.17, 15) is 5.11 Å². The molecule has 3 aliphatic rings. The minimum Gasteiger partial charge on any atom is -0.388 e. The predicted molar refractivity (Wildman–Crippen MR) is 119 cm³/mol. The van der Waals surface area contributed by atoms with Crippen molar-refractivity contribution in [3.63, 3.8) is 0 Å². The van der Waals surface area contributed by atoms with Crippen LogP contribution in [-0.4, -0.2) is 40.0 Å². The van der Waals surface area contributed by atoms with Gasteiger partial charge in [0.05, 0.1) is 23.5 Å². The number of halogens is 1. The summed E-state index contributed by atoms with van der Waals surface area (Å²) in [6.07, 6.45) is 6.63. The monoisotopic (exact) mass is 475 g/mol. The van der Waals surface area contributed by atoms with Gasteiger partial charge >= 0.3 is 0 Å². The Morgan fingerprint density at radius 3 is 2.93 bits per heavy atom. The van der Waals surface area contributed by atoms with Crippen LogP contribution in [0.3, 0.4) is 0 Å². The van der Waals surface area contributed by atoms with Crippen LogP contribution >= 0.6 is 27.7 Å². The van der Waals surface area contributed by atoms with Crippen LogP contribution < -0.4 is 4.90 Å². The Balaban J connectivity index is 1.55. The Bertz CT molecular complexity index is 967. The summed E-state index contributed by atoms with van der Waals surface area (Å²) < 4.78 is 7.69. The summed E-state index contributed by atoms with van der Waals surface area (Å²) in [7, 11) is 0. The SMILES string of the molecule is CSc1nc2c(c(N3CCC[C@@](C)(O)C3)n1)COC1(CCc3ccc(Br)cc31)C2. The van der Waals surface area contributed by atoms with E-state index in [1.54, 1.807) is 11.8 Å². The van der Waals surface area contributed by atoms with Crippen LogP contribution in [0.5, 0.6) is 0 Å². The second-order valence-corrected chi connectivity index (χ2v) is 10.4. The third kappa shape index (κ3) is 3.50. The van der Waals surface area contributed by atoms with E-state index in [2.05, 4.69) is 39.0 Å². The normalized spacial score (nSPS) is 28.5. The summed E-state index contributed by atoms with van der Waals surface area (Å²) in [6.45, 7) is 3.95. The molecule has 2 atom stereocenters. The second kappa shape index (κ2) is 7.22. The van der Waals surface area contributed by atoms with Crippen molar-refractivity contribution < 1.29 is 9.84 Å². The zero-order valence-electron chi connectivity index (χ0n) is 16.9. The fourth-order valence-corrected chi connectivity index (χ4v) is 5.81. The zero-order chi connectivity index (χ0) is 20.2. The average molecular weight is 476 g/mol. The molecule has 0 amide bonds. The number of fused-ring (bicyclic) bond motifs is 3. The number of anilines is 1. The van der Waals surface area contributed by atoms with Crippen molar-refractivity contribution in [1.82, 2.24) is 9.97 Å². The molecule has 7 heteroatoms. The van der Waals surface area contributed by atoms with Crippen LogP contribution in [0.2, 0.25) is 0 Å². The molecular formula is C22H26BrN3O2S. The largest absolute Gasteiger partial charge is 0.388 e. The molecule has 5 nitrogen and oxygen atoms in total. The lowest BCUT2D eigenvalue weighted by atomic mass is 9.86. The molecule has 2 aromatic rings. The van der Waals surface area contributed by atoms with Gasteiger partial charge in [-0.25, -0.2) is 9.97 Å². The van der Waals surface area contributed by atoms with Gasteiger partial charge < -0.3 is 14.7 Å². The number of rotatable bonds is 2. The number of thioether (sulfide) groups is 1. The van der Waals surface area contributed by atoms with Gasteiger partial charge in [0, 0.05) is 29.5 Å². The first-order chi connectivity index (χ1) is 13.9. The Labute approximate surface area is 184 Å². The molecule has 0 bridgehead atoms. The van der Waals surface area contributed by atoms with E-state index >= 15 is 0 Å². The first kappa shape index (κ1) is 19.8. The number of aliphatic hydroxyl groups is 1. The molecule has 1 fully saturated rings. The summed E-state index contributed by atoms with van der Waals surface area (Å²) in [5.41, 5.74) is 3.90. The number of nitrogens with zero attached hydrogens (tertiary/aromatic N) is 3. The van der Waals surface area contributed by atoms with Crippen LogP contribution in [0.25, 0.3) is 0 Å². The molecule has 1 saturated heterocycles. The van der Waals surface area contributed by atoms with Crippen LogP contribution in [0, 0.1) is 0 Å². The molecule has 3 heterocycles. The first-order valence-electron chi connectivity index (χ1n) is 10.2. The number of aryl methyl sites for hydroxylation is 1. The summed E-state index contributed by atoms with van der Waals surface area (Å²) in [4.78, 5) is 12.0. The van der Waals surface area contributed by atoms with E-state index in [1.807, 2.05) is 13.2 Å². The lowest BCUT2D eigenvalue weighted by molar-refractivity contribution is -0.0731. The van der Waals surface area contributed by atoms with Crippen molar-refractivity contribution >= 4 is 33.5 Å². The Morgan fingerprint density at radius 2 is 2.14 bits per heavy atom. The Hall–Kier alpha value is -1.15. The van der Waals surface area contributed by atoms with Gasteiger partial charge in [-0.2, -0.15) is 0 Å². The van der Waals surface area contributed by atoms with Crippen LogP contribution in [0.15, 0.2) is 27.8 Å². The highest BCUT2D eigenvalue weighted by atomic mass is 79.9. The number of benzene rings is 1. The second-order valence-electron chi connectivity index (χ2n) is 8.74. The van der Waals surface area contributed by atoms with Gasteiger partial charge in [-0.05, 0) is 62.1 Å². The Kier molecular flexibility index (Phi) is 4.93. The van der Waals surface area contributed by atoms with Crippen molar-refractivity contribution in [2.75, 3.05) is 24.2 Å². The quantitative estimate of drug-likeness (QED) is 0.517. The lowest BCUT2D eigenvalue weighted by Gasteiger charge is -2.41. The molecule has 0 radical (unpaired) electrons. The molecule has 0 saturated carbocycles. The molecule has 5 rings (SSSR count). The summed E-state index contributed by atoms with van der Waals surface area (Å²) >= 11 is 5.21. The van der Waals surface area contributed by atoms with Gasteiger partial charge in [-0.3, -0.25) is 0 Å². The predicted octanol–water partition coefficient (Wildman–Crippen LogP) is 4.23. The summed E-state index contributed by atoms with van der Waals surface area (Å²) in [5, 5.41) is 11.4. The minimum absolute atomic E-state index is 0.291. The first-order valence-corrected chi connectivity index (χ1v) is 12.2. The molecule has 1 aromatic carbocycles. The van der Waals surface area contributed by atoms with Crippen LogP contribution in [0.4, 0.5) is 5.82 Å². The summed E-state index contributed by atoms with van der Waals surface area (Å²) in [5.74, 6) is 0.946. The zero-order valence-corrected chi connectivity index (χ0v) is 19.3. The molecule has 2 aliphatic heterocycles. The highest BCUT2D eigenvalue weighted by molar-refractivity contribution is 9.10. The maximum Gasteiger partial charge on any atom is 0.189 e. The third-order valence-corrected chi connectivity index (χ3v) is 7.56. The van der Waals surface area contributed by atoms with Crippen LogP contribution in [-0.2, 0) is 29.8 Å². The van der Waals surface area contributed by atoms with Gasteiger partial charge in [0.1, 0.15) is 5.82 Å². The van der Waals surface area contributed by atoms with Gasteiger partial charge in [0.25, 0.3) is 0 Å². The highest BCUT2D eigenvalue weighted by Crippen LogP contribution is 2.47. The Morgan fingerprint density at radius 1 is 1.28 bits per heavy atom. The molecule has 1 spiro atoms. The van der Waals surface area contributed by atoms with E-state index in [0.29, 0.717) is 13.2 Å². The highest BCUT2D eigenvalue weighted by Gasteiger charge is 2.44. The van der Waals surface area contributed by atoms with Gasteiger partial charge in [-0.1, -0.05) is 33.8 Å². The fourth-order valence-electron chi connectivity index (χ4n) is 5.07. The average Bonchev–Trinajstić information content (AvgIpc) is 3.03. The van der Waals surface area contributed by atoms with Crippen LogP contribution in [0.1, 0.15) is 48.6 Å². The van der Waals surface area contributed by atoms with Crippen molar-refractivity contribution in [3.05, 3.63) is 45.1 Å². The molecule has 1 aromatic heterocycles. The number of β-amino-alcohol motifs (C(OH)–C–C–N with tert-alkyl or cyclic N) is 1. The molecule has 1 aliphatic carbocycles. The number of piperidine rings is 1. The molecule has 154 valence electrons. The number of aromatic nitrogens is 2. The lowest BCUT2D eigenvalue weighted by Crippen LogP contribution is -2.47. The van der Waals surface area contributed by atoms with Gasteiger partial charge in [0.15, 0.2) is 5.16 Å². The van der Waals surface area contributed by atoms with E-state index in [0.717, 1.165) is 65.4 Å². The van der Waals surface area contributed by atoms with Crippen molar-refractivity contribution in [2.24, 2.45) is 0 Å². The van der Waals surface area contributed by atoms with E-state index in [-0.39, 0.29) is 5.60 Å². The molecular weight excluding hydrogens is 450 g/mol. The number of hydrogen-bond acceptors (Lipinski definition) is 6. The summed E-state index contributed by atoms with van der Waals surface area (Å²) in [6, 6.07) is 6.54. The third-order valence-electron chi connectivity index (χ3n) is 6.51. The minimum atomic E-state index is -0.678. The number of hydrogen-bond donors (Lipinski definition) is 1. The molecule has 1 N–H and O–H groups in total. The number of ether oxygens (including phenoxy) is 1. The van der Waals surface area contributed by atoms with E-state index in [1.165, 1.54) is 11.1 Å². The van der Waals surface area contributed by atoms with Gasteiger partial charge in [0.2, 0.25) is 0 Å². The van der Waals surface area contributed by atoms with Crippen molar-refractivity contribution in [2.45, 2.75) is 62.0 Å². The maximum atomic E-state index is 10.6. The topological polar surface area (TPSA) is 58.5 Å². The van der Waals surface area contributed by atoms with E-state index < -0.39 is 5.60 Å².